The summed E-state index contributed by atoms with van der Waals surface area (Å²) in [6.45, 7) is 7.55. The molecule has 1 atom stereocenters. The highest BCUT2D eigenvalue weighted by atomic mass is 127. The van der Waals surface area contributed by atoms with E-state index in [9.17, 15) is 0 Å². The number of ether oxygens (including phenoxy) is 1. The van der Waals surface area contributed by atoms with E-state index in [0.717, 1.165) is 66.4 Å². The van der Waals surface area contributed by atoms with Gasteiger partial charge in [-0.1, -0.05) is 11.6 Å². The molecule has 1 aliphatic rings. The molecular formula is C20H29ClIN5OS. The van der Waals surface area contributed by atoms with Crippen molar-refractivity contribution in [1.29, 1.82) is 0 Å². The molecule has 1 aromatic carbocycles. The van der Waals surface area contributed by atoms with Crippen LogP contribution in [0.25, 0.3) is 0 Å². The fourth-order valence-corrected chi connectivity index (χ4v) is 4.24. The zero-order chi connectivity index (χ0) is 19.9. The molecule has 2 heterocycles. The summed E-state index contributed by atoms with van der Waals surface area (Å²) in [4.78, 5) is 12.7. The molecule has 29 heavy (non-hydrogen) atoms. The highest BCUT2D eigenvalue weighted by Gasteiger charge is 2.25. The van der Waals surface area contributed by atoms with E-state index in [2.05, 4.69) is 34.4 Å². The van der Waals surface area contributed by atoms with Gasteiger partial charge in [-0.3, -0.25) is 4.99 Å². The summed E-state index contributed by atoms with van der Waals surface area (Å²) in [5.41, 5.74) is 1.04. The van der Waals surface area contributed by atoms with Crippen LogP contribution in [0.15, 0.2) is 29.4 Å². The highest BCUT2D eigenvalue weighted by molar-refractivity contribution is 14.0. The summed E-state index contributed by atoms with van der Waals surface area (Å²) in [7, 11) is 1.69. The van der Waals surface area contributed by atoms with Crippen molar-refractivity contribution in [2.24, 2.45) is 4.99 Å². The third-order valence-electron chi connectivity index (χ3n) is 4.62. The Hall–Kier alpha value is -1.26. The Morgan fingerprint density at radius 2 is 2.28 bits per heavy atom. The summed E-state index contributed by atoms with van der Waals surface area (Å²) in [5.74, 6) is 1.71. The summed E-state index contributed by atoms with van der Waals surface area (Å²) < 4.78 is 5.50. The van der Waals surface area contributed by atoms with Crippen LogP contribution in [0.5, 0.6) is 5.75 Å². The van der Waals surface area contributed by atoms with Crippen LogP contribution in [0.1, 0.15) is 23.2 Å². The number of hydrogen-bond donors (Lipinski definition) is 2. The lowest BCUT2D eigenvalue weighted by Crippen LogP contribution is -2.44. The lowest BCUT2D eigenvalue weighted by molar-refractivity contribution is 0.415. The van der Waals surface area contributed by atoms with Crippen molar-refractivity contribution in [3.05, 3.63) is 39.3 Å². The van der Waals surface area contributed by atoms with Crippen LogP contribution in [0.4, 0.5) is 5.69 Å². The molecule has 3 rings (SSSR count). The quantitative estimate of drug-likeness (QED) is 0.309. The number of halogens is 2. The van der Waals surface area contributed by atoms with E-state index in [1.807, 2.05) is 24.4 Å². The largest absolute Gasteiger partial charge is 0.495 e. The number of aromatic nitrogens is 1. The number of thiazole rings is 1. The molecule has 6 nitrogen and oxygen atoms in total. The number of nitrogens with one attached hydrogen (secondary N) is 2. The first kappa shape index (κ1) is 24.0. The van der Waals surface area contributed by atoms with E-state index in [1.165, 1.54) is 4.88 Å². The van der Waals surface area contributed by atoms with Crippen molar-refractivity contribution in [3.63, 3.8) is 0 Å². The van der Waals surface area contributed by atoms with E-state index in [1.54, 1.807) is 18.4 Å². The SMILES string of the molecule is CCNC(=NCCc1ncc(C)s1)NC1CCN(c2cc(Cl)ccc2OC)C1.I. The van der Waals surface area contributed by atoms with Gasteiger partial charge < -0.3 is 20.3 Å². The Morgan fingerprint density at radius 1 is 1.45 bits per heavy atom. The van der Waals surface area contributed by atoms with Crippen molar-refractivity contribution >= 4 is 58.6 Å². The molecule has 0 aliphatic carbocycles. The van der Waals surface area contributed by atoms with Gasteiger partial charge in [-0.2, -0.15) is 0 Å². The fraction of sp³-hybridized carbons (Fsp3) is 0.500. The number of anilines is 1. The minimum atomic E-state index is 0. The van der Waals surface area contributed by atoms with Crippen LogP contribution in [-0.2, 0) is 6.42 Å². The average molecular weight is 550 g/mol. The number of hydrogen-bond acceptors (Lipinski definition) is 5. The maximum atomic E-state index is 6.19. The Morgan fingerprint density at radius 3 is 2.97 bits per heavy atom. The zero-order valence-corrected chi connectivity index (χ0v) is 21.0. The van der Waals surface area contributed by atoms with Gasteiger partial charge in [0, 0.05) is 54.7 Å². The topological polar surface area (TPSA) is 61.8 Å². The molecule has 2 aromatic rings. The molecule has 1 fully saturated rings. The van der Waals surface area contributed by atoms with Gasteiger partial charge in [-0.25, -0.2) is 4.98 Å². The van der Waals surface area contributed by atoms with Gasteiger partial charge in [0.1, 0.15) is 5.75 Å². The lowest BCUT2D eigenvalue weighted by atomic mass is 10.2. The predicted molar refractivity (Wildman–Crippen MR) is 134 cm³/mol. The molecule has 0 bridgehead atoms. The van der Waals surface area contributed by atoms with Crippen molar-refractivity contribution < 1.29 is 4.74 Å². The Balaban J connectivity index is 0.00000300. The summed E-state index contributed by atoms with van der Waals surface area (Å²) in [5, 5.41) is 8.77. The maximum Gasteiger partial charge on any atom is 0.191 e. The number of aliphatic imine (C=N–C) groups is 1. The van der Waals surface area contributed by atoms with E-state index < -0.39 is 0 Å². The zero-order valence-electron chi connectivity index (χ0n) is 17.1. The first-order valence-corrected chi connectivity index (χ1v) is 10.8. The predicted octanol–water partition coefficient (Wildman–Crippen LogP) is 4.11. The maximum absolute atomic E-state index is 6.19. The number of methoxy groups -OCH3 is 1. The van der Waals surface area contributed by atoms with Gasteiger partial charge in [0.15, 0.2) is 5.96 Å². The van der Waals surface area contributed by atoms with Gasteiger partial charge in [-0.05, 0) is 38.5 Å². The second kappa shape index (κ2) is 11.8. The first-order chi connectivity index (χ1) is 13.6. The minimum Gasteiger partial charge on any atom is -0.495 e. The number of aryl methyl sites for hydroxylation is 1. The third kappa shape index (κ3) is 6.89. The Bertz CT molecular complexity index is 816. The Kier molecular flexibility index (Phi) is 9.78. The van der Waals surface area contributed by atoms with E-state index in [0.29, 0.717) is 6.04 Å². The van der Waals surface area contributed by atoms with Gasteiger partial charge in [-0.15, -0.1) is 35.3 Å². The normalized spacial score (nSPS) is 16.5. The molecule has 160 valence electrons. The number of guanidine groups is 1. The van der Waals surface area contributed by atoms with E-state index in [4.69, 9.17) is 21.3 Å². The molecule has 1 aromatic heterocycles. The summed E-state index contributed by atoms with van der Waals surface area (Å²) in [6.07, 6.45) is 3.82. The first-order valence-electron chi connectivity index (χ1n) is 9.63. The molecule has 1 saturated heterocycles. The van der Waals surface area contributed by atoms with Crippen molar-refractivity contribution in [1.82, 2.24) is 15.6 Å². The average Bonchev–Trinajstić information content (AvgIpc) is 3.31. The molecule has 2 N–H and O–H groups in total. The number of benzene rings is 1. The highest BCUT2D eigenvalue weighted by Crippen LogP contribution is 2.33. The van der Waals surface area contributed by atoms with Gasteiger partial charge in [0.05, 0.1) is 17.8 Å². The molecule has 0 amide bonds. The van der Waals surface area contributed by atoms with Crippen molar-refractivity contribution in [2.45, 2.75) is 32.7 Å². The lowest BCUT2D eigenvalue weighted by Gasteiger charge is -2.22. The van der Waals surface area contributed by atoms with Crippen molar-refractivity contribution in [3.8, 4) is 5.75 Å². The number of rotatable bonds is 7. The molecule has 0 spiro atoms. The minimum absolute atomic E-state index is 0. The molecule has 1 unspecified atom stereocenters. The van der Waals surface area contributed by atoms with Crippen LogP contribution >= 0.6 is 46.9 Å². The number of nitrogens with zero attached hydrogens (tertiary/aromatic N) is 3. The van der Waals surface area contributed by atoms with Gasteiger partial charge in [0.2, 0.25) is 0 Å². The molecule has 0 saturated carbocycles. The molecule has 0 radical (unpaired) electrons. The summed E-state index contributed by atoms with van der Waals surface area (Å²) in [6, 6.07) is 6.07. The standard InChI is InChI=1S/C20H28ClN5OS.HI/c1-4-22-20(23-9-7-19-24-12-14(2)28-19)25-16-8-10-26(13-16)17-11-15(21)5-6-18(17)27-3;/h5-6,11-12,16H,4,7-10,13H2,1-3H3,(H2,22,23,25);1H. The molecular weight excluding hydrogens is 521 g/mol. The third-order valence-corrected chi connectivity index (χ3v) is 5.83. The van der Waals surface area contributed by atoms with Gasteiger partial charge >= 0.3 is 0 Å². The van der Waals surface area contributed by atoms with E-state index >= 15 is 0 Å². The van der Waals surface area contributed by atoms with Crippen LogP contribution in [0.3, 0.4) is 0 Å². The van der Waals surface area contributed by atoms with Crippen LogP contribution in [0, 0.1) is 6.92 Å². The smallest absolute Gasteiger partial charge is 0.191 e. The summed E-state index contributed by atoms with van der Waals surface area (Å²) >= 11 is 7.93. The molecule has 1 aliphatic heterocycles. The van der Waals surface area contributed by atoms with E-state index in [-0.39, 0.29) is 24.0 Å². The monoisotopic (exact) mass is 549 g/mol. The Labute approximate surface area is 199 Å². The van der Waals surface area contributed by atoms with Crippen LogP contribution in [-0.4, -0.2) is 50.3 Å². The fourth-order valence-electron chi connectivity index (χ4n) is 3.30. The second-order valence-corrected chi connectivity index (χ2v) is 8.52. The molecule has 9 heteroatoms. The van der Waals surface area contributed by atoms with Gasteiger partial charge in [0.25, 0.3) is 0 Å². The van der Waals surface area contributed by atoms with Crippen molar-refractivity contribution in [2.75, 3.05) is 38.2 Å². The second-order valence-electron chi connectivity index (χ2n) is 6.77. The van der Waals surface area contributed by atoms with Crippen LogP contribution in [0.2, 0.25) is 5.02 Å². The van der Waals surface area contributed by atoms with Crippen LogP contribution < -0.4 is 20.3 Å².